The van der Waals surface area contributed by atoms with E-state index in [1.165, 1.54) is 0 Å². The van der Waals surface area contributed by atoms with Gasteiger partial charge in [0.05, 0.1) is 19.9 Å². The lowest BCUT2D eigenvalue weighted by Gasteiger charge is -2.12. The molecule has 0 unspecified atom stereocenters. The molecule has 0 aliphatic rings. The first-order valence-electron chi connectivity index (χ1n) is 5.61. The van der Waals surface area contributed by atoms with Gasteiger partial charge in [-0.25, -0.2) is 0 Å². The second kappa shape index (κ2) is 5.10. The van der Waals surface area contributed by atoms with E-state index < -0.39 is 0 Å². The Labute approximate surface area is 106 Å². The number of benzene rings is 1. The summed E-state index contributed by atoms with van der Waals surface area (Å²) in [5.41, 5.74) is 8.78. The normalized spacial score (nSPS) is 10.6. The average molecular weight is 247 g/mol. The van der Waals surface area contributed by atoms with Crippen LogP contribution in [-0.4, -0.2) is 24.0 Å². The van der Waals surface area contributed by atoms with Crippen molar-refractivity contribution in [3.8, 4) is 16.9 Å². The minimum absolute atomic E-state index is 0.497. The van der Waals surface area contributed by atoms with Crippen LogP contribution in [-0.2, 0) is 18.4 Å². The molecule has 0 saturated carbocycles. The summed E-state index contributed by atoms with van der Waals surface area (Å²) >= 11 is 0. The van der Waals surface area contributed by atoms with E-state index in [9.17, 15) is 0 Å². The third kappa shape index (κ3) is 2.04. The van der Waals surface area contributed by atoms with E-state index in [4.69, 9.17) is 15.2 Å². The molecular formula is C13H17N3O2. The van der Waals surface area contributed by atoms with E-state index >= 15 is 0 Å². The van der Waals surface area contributed by atoms with Crippen molar-refractivity contribution >= 4 is 5.82 Å². The van der Waals surface area contributed by atoms with E-state index in [1.54, 1.807) is 25.1 Å². The molecule has 0 aliphatic heterocycles. The fraction of sp³-hybridized carbons (Fsp3) is 0.308. The van der Waals surface area contributed by atoms with Crippen LogP contribution in [0.1, 0.15) is 5.56 Å². The van der Waals surface area contributed by atoms with Gasteiger partial charge in [0.2, 0.25) is 0 Å². The van der Waals surface area contributed by atoms with Crippen molar-refractivity contribution in [2.45, 2.75) is 6.61 Å². The van der Waals surface area contributed by atoms with Crippen molar-refractivity contribution < 1.29 is 9.47 Å². The Morgan fingerprint density at radius 3 is 2.61 bits per heavy atom. The molecule has 2 rings (SSSR count). The highest BCUT2D eigenvalue weighted by Gasteiger charge is 2.15. The van der Waals surface area contributed by atoms with Gasteiger partial charge in [-0.05, 0) is 0 Å². The molecule has 5 heteroatoms. The topological polar surface area (TPSA) is 62.3 Å². The van der Waals surface area contributed by atoms with Crippen molar-refractivity contribution in [2.75, 3.05) is 20.0 Å². The molecule has 0 atom stereocenters. The smallest absolute Gasteiger partial charge is 0.132 e. The van der Waals surface area contributed by atoms with Crippen LogP contribution in [0.5, 0.6) is 5.75 Å². The van der Waals surface area contributed by atoms with E-state index in [0.29, 0.717) is 12.4 Å². The molecule has 0 bridgehead atoms. The molecule has 0 amide bonds. The third-order valence-corrected chi connectivity index (χ3v) is 2.88. The summed E-state index contributed by atoms with van der Waals surface area (Å²) in [6, 6.07) is 5.89. The van der Waals surface area contributed by atoms with Gasteiger partial charge in [0.15, 0.2) is 0 Å². The number of aryl methyl sites for hydroxylation is 1. The van der Waals surface area contributed by atoms with Crippen LogP contribution in [0.3, 0.4) is 0 Å². The Bertz CT molecular complexity index is 549. The molecule has 1 aromatic carbocycles. The van der Waals surface area contributed by atoms with Crippen LogP contribution in [0, 0.1) is 0 Å². The fourth-order valence-electron chi connectivity index (χ4n) is 1.96. The molecule has 5 nitrogen and oxygen atoms in total. The number of ether oxygens (including phenoxy) is 2. The van der Waals surface area contributed by atoms with E-state index in [0.717, 1.165) is 22.4 Å². The van der Waals surface area contributed by atoms with E-state index in [-0.39, 0.29) is 0 Å². The van der Waals surface area contributed by atoms with Crippen molar-refractivity contribution in [1.29, 1.82) is 0 Å². The number of hydrogen-bond donors (Lipinski definition) is 1. The molecule has 96 valence electrons. The van der Waals surface area contributed by atoms with Gasteiger partial charge in [0.1, 0.15) is 11.6 Å². The largest absolute Gasteiger partial charge is 0.496 e. The van der Waals surface area contributed by atoms with Gasteiger partial charge in [0, 0.05) is 30.8 Å². The van der Waals surface area contributed by atoms with Gasteiger partial charge in [0.25, 0.3) is 0 Å². The summed E-state index contributed by atoms with van der Waals surface area (Å²) in [6.45, 7) is 0.497. The Morgan fingerprint density at radius 1 is 1.28 bits per heavy atom. The molecule has 2 N–H and O–H groups in total. The maximum absolute atomic E-state index is 6.00. The molecule has 18 heavy (non-hydrogen) atoms. The molecule has 1 aromatic heterocycles. The highest BCUT2D eigenvalue weighted by atomic mass is 16.5. The monoisotopic (exact) mass is 247 g/mol. The lowest BCUT2D eigenvalue weighted by Crippen LogP contribution is -2.00. The molecular weight excluding hydrogens is 230 g/mol. The second-order valence-electron chi connectivity index (χ2n) is 4.00. The maximum Gasteiger partial charge on any atom is 0.132 e. The number of nitrogen functional groups attached to an aromatic ring is 1. The zero-order valence-electron chi connectivity index (χ0n) is 10.8. The quantitative estimate of drug-likeness (QED) is 0.895. The number of nitrogens with zero attached hydrogens (tertiary/aromatic N) is 2. The van der Waals surface area contributed by atoms with Crippen LogP contribution >= 0.6 is 0 Å². The first-order valence-corrected chi connectivity index (χ1v) is 5.61. The highest BCUT2D eigenvalue weighted by molar-refractivity contribution is 5.79. The fourth-order valence-corrected chi connectivity index (χ4v) is 1.96. The van der Waals surface area contributed by atoms with Crippen LogP contribution in [0.2, 0.25) is 0 Å². The number of aromatic nitrogens is 2. The first kappa shape index (κ1) is 12.4. The minimum atomic E-state index is 0.497. The molecule has 0 fully saturated rings. The number of para-hydroxylation sites is 1. The van der Waals surface area contributed by atoms with E-state index in [1.807, 2.05) is 25.2 Å². The summed E-state index contributed by atoms with van der Waals surface area (Å²) in [5.74, 6) is 1.39. The van der Waals surface area contributed by atoms with Gasteiger partial charge < -0.3 is 15.2 Å². The highest BCUT2D eigenvalue weighted by Crippen LogP contribution is 2.36. The minimum Gasteiger partial charge on any atom is -0.496 e. The third-order valence-electron chi connectivity index (χ3n) is 2.88. The zero-order chi connectivity index (χ0) is 13.1. The zero-order valence-corrected chi connectivity index (χ0v) is 10.8. The van der Waals surface area contributed by atoms with Crippen LogP contribution in [0.4, 0.5) is 5.82 Å². The molecule has 0 aliphatic carbocycles. The number of anilines is 1. The van der Waals surface area contributed by atoms with Crippen LogP contribution in [0.15, 0.2) is 24.4 Å². The number of methoxy groups -OCH3 is 2. The first-order chi connectivity index (χ1) is 8.69. The predicted octanol–water partition coefficient (Wildman–Crippen LogP) is 1.82. The van der Waals surface area contributed by atoms with Gasteiger partial charge in [-0.1, -0.05) is 18.2 Å². The van der Waals surface area contributed by atoms with Gasteiger partial charge >= 0.3 is 0 Å². The van der Waals surface area contributed by atoms with Gasteiger partial charge in [-0.3, -0.25) is 4.68 Å². The Balaban J connectivity index is 2.57. The Morgan fingerprint density at radius 2 is 2.06 bits per heavy atom. The van der Waals surface area contributed by atoms with Crippen molar-refractivity contribution in [2.24, 2.45) is 7.05 Å². The summed E-state index contributed by atoms with van der Waals surface area (Å²) in [7, 11) is 5.11. The van der Waals surface area contributed by atoms with Crippen LogP contribution < -0.4 is 10.5 Å². The lowest BCUT2D eigenvalue weighted by atomic mass is 10.0. The van der Waals surface area contributed by atoms with Crippen molar-refractivity contribution in [3.63, 3.8) is 0 Å². The molecule has 0 radical (unpaired) electrons. The number of nitrogens with two attached hydrogens (primary N) is 1. The lowest BCUT2D eigenvalue weighted by molar-refractivity contribution is 0.181. The molecule has 0 spiro atoms. The standard InChI is InChI=1S/C13H17N3O2/c1-16-13(14)11(7-15-16)10-6-4-5-9(8-17-2)12(10)18-3/h4-7H,8,14H2,1-3H3. The predicted molar refractivity (Wildman–Crippen MR) is 70.3 cm³/mol. The van der Waals surface area contributed by atoms with Gasteiger partial charge in [-0.2, -0.15) is 5.10 Å². The molecule has 1 heterocycles. The van der Waals surface area contributed by atoms with E-state index in [2.05, 4.69) is 5.10 Å². The summed E-state index contributed by atoms with van der Waals surface area (Å²) in [4.78, 5) is 0. The molecule has 0 saturated heterocycles. The van der Waals surface area contributed by atoms with Gasteiger partial charge in [-0.15, -0.1) is 0 Å². The number of hydrogen-bond acceptors (Lipinski definition) is 4. The van der Waals surface area contributed by atoms with Crippen molar-refractivity contribution in [3.05, 3.63) is 30.0 Å². The summed E-state index contributed by atoms with van der Waals surface area (Å²) in [6.07, 6.45) is 1.74. The Hall–Kier alpha value is -2.01. The second-order valence-corrected chi connectivity index (χ2v) is 4.00. The SMILES string of the molecule is COCc1cccc(-c2cnn(C)c2N)c1OC. The molecule has 2 aromatic rings. The van der Waals surface area contributed by atoms with Crippen LogP contribution in [0.25, 0.3) is 11.1 Å². The summed E-state index contributed by atoms with van der Waals surface area (Å²) < 4.78 is 12.3. The maximum atomic E-state index is 6.00. The Kier molecular flexibility index (Phi) is 3.53. The average Bonchev–Trinajstić information content (AvgIpc) is 2.70. The van der Waals surface area contributed by atoms with Crippen molar-refractivity contribution in [1.82, 2.24) is 9.78 Å². The number of rotatable bonds is 4. The summed E-state index contributed by atoms with van der Waals surface area (Å²) in [5, 5.41) is 4.15.